The van der Waals surface area contributed by atoms with Crippen LogP contribution in [0.25, 0.3) is 6.08 Å². The van der Waals surface area contributed by atoms with Crippen LogP contribution in [-0.2, 0) is 0 Å². The number of hydrogen-bond donors (Lipinski definition) is 1. The Labute approximate surface area is 78.3 Å². The van der Waals surface area contributed by atoms with Gasteiger partial charge < -0.3 is 5.32 Å². The number of anilines is 1. The molecule has 0 bridgehead atoms. The molecular formula is C11H13NO. The summed E-state index contributed by atoms with van der Waals surface area (Å²) >= 11 is 0. The summed E-state index contributed by atoms with van der Waals surface area (Å²) in [6, 6.07) is 3.67. The monoisotopic (exact) mass is 175 g/mol. The number of aldehydes is 1. The summed E-state index contributed by atoms with van der Waals surface area (Å²) in [5.74, 6) is 0. The van der Waals surface area contributed by atoms with E-state index in [1.165, 1.54) is 0 Å². The van der Waals surface area contributed by atoms with Gasteiger partial charge in [0.05, 0.1) is 0 Å². The SMILES string of the molecule is C=Cc1cc(C=O)cc(C)c1NC. The standard InChI is InChI=1S/C11H13NO/c1-4-10-6-9(7-13)5-8(2)11(10)12-3/h4-7,12H,1H2,2-3H3. The van der Waals surface area contributed by atoms with E-state index in [0.29, 0.717) is 5.56 Å². The molecule has 1 aromatic rings. The van der Waals surface area contributed by atoms with E-state index >= 15 is 0 Å². The predicted octanol–water partition coefficient (Wildman–Crippen LogP) is 2.49. The van der Waals surface area contributed by atoms with Crippen molar-refractivity contribution in [3.63, 3.8) is 0 Å². The van der Waals surface area contributed by atoms with Crippen LogP contribution < -0.4 is 5.32 Å². The molecule has 0 saturated heterocycles. The molecule has 0 radical (unpaired) electrons. The van der Waals surface area contributed by atoms with Crippen molar-refractivity contribution >= 4 is 18.0 Å². The second-order valence-corrected chi connectivity index (χ2v) is 2.87. The van der Waals surface area contributed by atoms with Crippen molar-refractivity contribution in [2.45, 2.75) is 6.92 Å². The fourth-order valence-electron chi connectivity index (χ4n) is 1.41. The molecule has 0 unspecified atom stereocenters. The zero-order valence-electron chi connectivity index (χ0n) is 7.92. The van der Waals surface area contributed by atoms with Crippen LogP contribution in [0, 0.1) is 6.92 Å². The first-order valence-electron chi connectivity index (χ1n) is 4.13. The first kappa shape index (κ1) is 9.52. The third-order valence-electron chi connectivity index (χ3n) is 1.99. The highest BCUT2D eigenvalue weighted by molar-refractivity contribution is 5.81. The summed E-state index contributed by atoms with van der Waals surface area (Å²) in [7, 11) is 1.86. The number of benzene rings is 1. The van der Waals surface area contributed by atoms with Gasteiger partial charge in [0.1, 0.15) is 6.29 Å². The first-order chi connectivity index (χ1) is 6.22. The molecule has 0 aliphatic heterocycles. The van der Waals surface area contributed by atoms with E-state index in [9.17, 15) is 4.79 Å². The molecule has 0 atom stereocenters. The molecule has 0 aliphatic carbocycles. The van der Waals surface area contributed by atoms with Crippen molar-refractivity contribution in [2.75, 3.05) is 12.4 Å². The lowest BCUT2D eigenvalue weighted by Gasteiger charge is -2.09. The predicted molar refractivity (Wildman–Crippen MR) is 56.2 cm³/mol. The van der Waals surface area contributed by atoms with Gasteiger partial charge in [0.2, 0.25) is 0 Å². The average molecular weight is 175 g/mol. The summed E-state index contributed by atoms with van der Waals surface area (Å²) in [5.41, 5.74) is 3.73. The Bertz CT molecular complexity index is 342. The number of nitrogens with one attached hydrogen (secondary N) is 1. The Hall–Kier alpha value is -1.57. The van der Waals surface area contributed by atoms with E-state index in [0.717, 1.165) is 23.1 Å². The normalized spacial score (nSPS) is 9.38. The van der Waals surface area contributed by atoms with Crippen molar-refractivity contribution in [3.8, 4) is 0 Å². The van der Waals surface area contributed by atoms with E-state index in [-0.39, 0.29) is 0 Å². The fourth-order valence-corrected chi connectivity index (χ4v) is 1.41. The second-order valence-electron chi connectivity index (χ2n) is 2.87. The molecule has 13 heavy (non-hydrogen) atoms. The molecule has 0 heterocycles. The Balaban J connectivity index is 3.36. The van der Waals surface area contributed by atoms with Gasteiger partial charge in [-0.3, -0.25) is 4.79 Å². The van der Waals surface area contributed by atoms with Crippen molar-refractivity contribution in [2.24, 2.45) is 0 Å². The lowest BCUT2D eigenvalue weighted by atomic mass is 10.0. The number of aryl methyl sites for hydroxylation is 1. The van der Waals surface area contributed by atoms with Gasteiger partial charge in [-0.25, -0.2) is 0 Å². The largest absolute Gasteiger partial charge is 0.387 e. The first-order valence-corrected chi connectivity index (χ1v) is 4.13. The van der Waals surface area contributed by atoms with Gasteiger partial charge in [-0.2, -0.15) is 0 Å². The van der Waals surface area contributed by atoms with E-state index in [1.54, 1.807) is 6.08 Å². The smallest absolute Gasteiger partial charge is 0.150 e. The van der Waals surface area contributed by atoms with E-state index < -0.39 is 0 Å². The summed E-state index contributed by atoms with van der Waals surface area (Å²) < 4.78 is 0. The van der Waals surface area contributed by atoms with Gasteiger partial charge in [-0.15, -0.1) is 0 Å². The Morgan fingerprint density at radius 3 is 2.62 bits per heavy atom. The van der Waals surface area contributed by atoms with Crippen LogP contribution in [0.5, 0.6) is 0 Å². The molecule has 1 rings (SSSR count). The molecule has 0 spiro atoms. The van der Waals surface area contributed by atoms with E-state index in [1.807, 2.05) is 26.1 Å². The van der Waals surface area contributed by atoms with Crippen molar-refractivity contribution in [3.05, 3.63) is 35.4 Å². The molecule has 0 saturated carbocycles. The quantitative estimate of drug-likeness (QED) is 0.715. The lowest BCUT2D eigenvalue weighted by molar-refractivity contribution is 0.112. The van der Waals surface area contributed by atoms with Gasteiger partial charge in [-0.05, 0) is 30.2 Å². The third kappa shape index (κ3) is 1.78. The van der Waals surface area contributed by atoms with Crippen LogP contribution in [-0.4, -0.2) is 13.3 Å². The summed E-state index contributed by atoms with van der Waals surface area (Å²) in [5, 5.41) is 3.08. The number of carbonyl (C=O) groups excluding carboxylic acids is 1. The van der Waals surface area contributed by atoms with Gasteiger partial charge >= 0.3 is 0 Å². The van der Waals surface area contributed by atoms with Crippen LogP contribution in [0.2, 0.25) is 0 Å². The summed E-state index contributed by atoms with van der Waals surface area (Å²) in [4.78, 5) is 10.6. The summed E-state index contributed by atoms with van der Waals surface area (Å²) in [6.45, 7) is 5.66. The van der Waals surface area contributed by atoms with Gasteiger partial charge in [0.15, 0.2) is 0 Å². The third-order valence-corrected chi connectivity index (χ3v) is 1.99. The number of carbonyl (C=O) groups is 1. The highest BCUT2D eigenvalue weighted by Crippen LogP contribution is 2.22. The maximum atomic E-state index is 10.6. The minimum absolute atomic E-state index is 0.686. The highest BCUT2D eigenvalue weighted by Gasteiger charge is 2.03. The van der Waals surface area contributed by atoms with Crippen LogP contribution in [0.15, 0.2) is 18.7 Å². The number of rotatable bonds is 3. The van der Waals surface area contributed by atoms with E-state index in [2.05, 4.69) is 11.9 Å². The molecule has 0 amide bonds. The highest BCUT2D eigenvalue weighted by atomic mass is 16.1. The van der Waals surface area contributed by atoms with Gasteiger partial charge in [-0.1, -0.05) is 12.7 Å². The molecular weight excluding hydrogens is 162 g/mol. The zero-order chi connectivity index (χ0) is 9.84. The summed E-state index contributed by atoms with van der Waals surface area (Å²) in [6.07, 6.45) is 2.59. The molecule has 1 aromatic carbocycles. The fraction of sp³-hybridized carbons (Fsp3) is 0.182. The van der Waals surface area contributed by atoms with Crippen molar-refractivity contribution < 1.29 is 4.79 Å². The van der Waals surface area contributed by atoms with Gasteiger partial charge in [0.25, 0.3) is 0 Å². The van der Waals surface area contributed by atoms with Crippen molar-refractivity contribution in [1.29, 1.82) is 0 Å². The van der Waals surface area contributed by atoms with Crippen LogP contribution in [0.1, 0.15) is 21.5 Å². The maximum Gasteiger partial charge on any atom is 0.150 e. The van der Waals surface area contributed by atoms with Crippen LogP contribution in [0.3, 0.4) is 0 Å². The minimum atomic E-state index is 0.686. The van der Waals surface area contributed by atoms with E-state index in [4.69, 9.17) is 0 Å². The molecule has 0 fully saturated rings. The molecule has 2 heteroatoms. The molecule has 0 aromatic heterocycles. The Morgan fingerprint density at radius 2 is 2.15 bits per heavy atom. The average Bonchev–Trinajstić information content (AvgIpc) is 2.16. The Morgan fingerprint density at radius 1 is 1.46 bits per heavy atom. The molecule has 1 N–H and O–H groups in total. The number of hydrogen-bond acceptors (Lipinski definition) is 2. The van der Waals surface area contributed by atoms with Crippen LogP contribution >= 0.6 is 0 Å². The molecule has 0 aliphatic rings. The Kier molecular flexibility index (Phi) is 2.85. The zero-order valence-corrected chi connectivity index (χ0v) is 7.92. The van der Waals surface area contributed by atoms with Crippen molar-refractivity contribution in [1.82, 2.24) is 0 Å². The maximum absolute atomic E-state index is 10.6. The van der Waals surface area contributed by atoms with Gasteiger partial charge in [0, 0.05) is 18.3 Å². The lowest BCUT2D eigenvalue weighted by Crippen LogP contribution is -1.96. The molecule has 2 nitrogen and oxygen atoms in total. The second kappa shape index (κ2) is 3.90. The molecule has 68 valence electrons. The van der Waals surface area contributed by atoms with Crippen LogP contribution in [0.4, 0.5) is 5.69 Å². The minimum Gasteiger partial charge on any atom is -0.387 e. The topological polar surface area (TPSA) is 29.1 Å².